The van der Waals surface area contributed by atoms with E-state index in [1.54, 1.807) is 11.3 Å². The number of thiazole rings is 1. The number of hydrogen-bond donors (Lipinski definition) is 2. The Labute approximate surface area is 114 Å². The van der Waals surface area contributed by atoms with Crippen molar-refractivity contribution < 1.29 is 0 Å². The molecule has 1 aromatic rings. The fourth-order valence-electron chi connectivity index (χ4n) is 2.84. The summed E-state index contributed by atoms with van der Waals surface area (Å²) in [5.41, 5.74) is 1.52. The summed E-state index contributed by atoms with van der Waals surface area (Å²) >= 11 is 1.77. The third kappa shape index (κ3) is 3.77. The Balaban J connectivity index is 1.70. The van der Waals surface area contributed by atoms with Crippen molar-refractivity contribution >= 4 is 11.3 Å². The molecule has 1 aliphatic rings. The molecule has 2 heterocycles. The Hall–Kier alpha value is -0.450. The van der Waals surface area contributed by atoms with E-state index >= 15 is 0 Å². The quantitative estimate of drug-likeness (QED) is 0.745. The molecule has 102 valence electrons. The first-order valence-corrected chi connectivity index (χ1v) is 7.99. The zero-order chi connectivity index (χ0) is 12.8. The van der Waals surface area contributed by atoms with Crippen molar-refractivity contribution in [2.24, 2.45) is 0 Å². The van der Waals surface area contributed by atoms with Crippen LogP contribution in [0.5, 0.6) is 0 Å². The lowest BCUT2D eigenvalue weighted by Gasteiger charge is -2.29. The van der Waals surface area contributed by atoms with Crippen molar-refractivity contribution in [3.8, 4) is 0 Å². The second-order valence-electron chi connectivity index (χ2n) is 5.37. The number of aryl methyl sites for hydroxylation is 1. The molecule has 0 radical (unpaired) electrons. The number of nitrogens with zero attached hydrogens (tertiary/aromatic N) is 1. The van der Waals surface area contributed by atoms with Gasteiger partial charge in [-0.1, -0.05) is 13.3 Å². The van der Waals surface area contributed by atoms with E-state index in [0.717, 1.165) is 25.2 Å². The molecule has 1 aliphatic heterocycles. The van der Waals surface area contributed by atoms with Crippen LogP contribution in [-0.2, 0) is 6.42 Å². The van der Waals surface area contributed by atoms with Crippen LogP contribution in [0.4, 0.5) is 0 Å². The van der Waals surface area contributed by atoms with E-state index in [2.05, 4.69) is 34.8 Å². The summed E-state index contributed by atoms with van der Waals surface area (Å²) in [4.78, 5) is 4.50. The Morgan fingerprint density at radius 3 is 3.06 bits per heavy atom. The highest BCUT2D eigenvalue weighted by molar-refractivity contribution is 7.09. The highest BCUT2D eigenvalue weighted by atomic mass is 32.1. The molecule has 0 bridgehead atoms. The largest absolute Gasteiger partial charge is 0.314 e. The average Bonchev–Trinajstić information content (AvgIpc) is 2.96. The first kappa shape index (κ1) is 14.0. The Kier molecular flexibility index (Phi) is 5.15. The smallest absolute Gasteiger partial charge is 0.0940 e. The summed E-state index contributed by atoms with van der Waals surface area (Å²) in [5.74, 6) is 0. The first-order valence-electron chi connectivity index (χ1n) is 7.11. The SMILES string of the molecule is CCCC1(CNCCc2nc(C)cs2)CCCN1. The molecule has 1 saturated heterocycles. The van der Waals surface area contributed by atoms with Crippen LogP contribution in [0.25, 0.3) is 0 Å². The molecule has 2 N–H and O–H groups in total. The second-order valence-corrected chi connectivity index (χ2v) is 6.31. The molecule has 3 nitrogen and oxygen atoms in total. The molecule has 0 aromatic carbocycles. The van der Waals surface area contributed by atoms with Gasteiger partial charge in [-0.3, -0.25) is 0 Å². The second kappa shape index (κ2) is 6.64. The molecule has 1 aromatic heterocycles. The predicted molar refractivity (Wildman–Crippen MR) is 78.3 cm³/mol. The Morgan fingerprint density at radius 1 is 1.56 bits per heavy atom. The average molecular weight is 267 g/mol. The van der Waals surface area contributed by atoms with E-state index in [4.69, 9.17) is 0 Å². The molecule has 18 heavy (non-hydrogen) atoms. The van der Waals surface area contributed by atoms with E-state index in [1.165, 1.54) is 37.2 Å². The standard InChI is InChI=1S/C14H25N3S/c1-3-6-14(7-4-8-16-14)11-15-9-5-13-17-12(2)10-18-13/h10,15-16H,3-9,11H2,1-2H3. The van der Waals surface area contributed by atoms with Gasteiger partial charge in [-0.25, -0.2) is 4.98 Å². The molecule has 1 fully saturated rings. The highest BCUT2D eigenvalue weighted by Gasteiger charge is 2.31. The van der Waals surface area contributed by atoms with Crippen LogP contribution in [-0.4, -0.2) is 30.2 Å². The van der Waals surface area contributed by atoms with Gasteiger partial charge in [0.05, 0.1) is 5.01 Å². The highest BCUT2D eigenvalue weighted by Crippen LogP contribution is 2.23. The molecular formula is C14H25N3S. The third-order valence-corrected chi connectivity index (χ3v) is 4.73. The lowest BCUT2D eigenvalue weighted by molar-refractivity contribution is 0.326. The molecule has 0 spiro atoms. The minimum atomic E-state index is 0.369. The third-order valence-electron chi connectivity index (χ3n) is 3.71. The van der Waals surface area contributed by atoms with Crippen molar-refractivity contribution in [3.63, 3.8) is 0 Å². The van der Waals surface area contributed by atoms with Crippen LogP contribution in [0.3, 0.4) is 0 Å². The molecule has 0 saturated carbocycles. The van der Waals surface area contributed by atoms with Crippen molar-refractivity contribution in [3.05, 3.63) is 16.1 Å². The fraction of sp³-hybridized carbons (Fsp3) is 0.786. The van der Waals surface area contributed by atoms with E-state index < -0.39 is 0 Å². The number of hydrogen-bond acceptors (Lipinski definition) is 4. The lowest BCUT2D eigenvalue weighted by atomic mass is 9.92. The predicted octanol–water partition coefficient (Wildman–Crippen LogP) is 2.51. The van der Waals surface area contributed by atoms with Gasteiger partial charge in [-0.2, -0.15) is 0 Å². The van der Waals surface area contributed by atoms with Gasteiger partial charge in [0, 0.05) is 36.1 Å². The normalized spacial score (nSPS) is 23.7. The van der Waals surface area contributed by atoms with Gasteiger partial charge in [-0.05, 0) is 32.7 Å². The van der Waals surface area contributed by atoms with Crippen molar-refractivity contribution in [1.29, 1.82) is 0 Å². The van der Waals surface area contributed by atoms with E-state index in [0.29, 0.717) is 5.54 Å². The van der Waals surface area contributed by atoms with E-state index in [-0.39, 0.29) is 0 Å². The summed E-state index contributed by atoms with van der Waals surface area (Å²) in [6.07, 6.45) is 6.26. The monoisotopic (exact) mass is 267 g/mol. The summed E-state index contributed by atoms with van der Waals surface area (Å²) < 4.78 is 0. The lowest BCUT2D eigenvalue weighted by Crippen LogP contribution is -2.48. The Bertz CT molecular complexity index is 356. The van der Waals surface area contributed by atoms with Crippen LogP contribution in [0.1, 0.15) is 43.3 Å². The number of aromatic nitrogens is 1. The number of rotatable bonds is 7. The molecule has 1 atom stereocenters. The zero-order valence-corrected chi connectivity index (χ0v) is 12.4. The van der Waals surface area contributed by atoms with Gasteiger partial charge in [0.25, 0.3) is 0 Å². The van der Waals surface area contributed by atoms with Crippen LogP contribution in [0.2, 0.25) is 0 Å². The Morgan fingerprint density at radius 2 is 2.44 bits per heavy atom. The topological polar surface area (TPSA) is 37.0 Å². The van der Waals surface area contributed by atoms with E-state index in [1.807, 2.05) is 0 Å². The van der Waals surface area contributed by atoms with Crippen LogP contribution >= 0.6 is 11.3 Å². The first-order chi connectivity index (χ1) is 8.74. The maximum atomic E-state index is 4.50. The van der Waals surface area contributed by atoms with Gasteiger partial charge in [0.2, 0.25) is 0 Å². The van der Waals surface area contributed by atoms with E-state index in [9.17, 15) is 0 Å². The van der Waals surface area contributed by atoms with Crippen LogP contribution in [0, 0.1) is 6.92 Å². The van der Waals surface area contributed by atoms with Gasteiger partial charge >= 0.3 is 0 Å². The summed E-state index contributed by atoms with van der Waals surface area (Å²) in [6, 6.07) is 0. The summed E-state index contributed by atoms with van der Waals surface area (Å²) in [7, 11) is 0. The number of nitrogens with one attached hydrogen (secondary N) is 2. The van der Waals surface area contributed by atoms with Gasteiger partial charge in [-0.15, -0.1) is 11.3 Å². The molecule has 4 heteroatoms. The minimum Gasteiger partial charge on any atom is -0.314 e. The molecule has 0 aliphatic carbocycles. The summed E-state index contributed by atoms with van der Waals surface area (Å²) in [5, 5.41) is 10.7. The maximum Gasteiger partial charge on any atom is 0.0940 e. The maximum absolute atomic E-state index is 4.50. The van der Waals surface area contributed by atoms with Gasteiger partial charge in [0.15, 0.2) is 0 Å². The van der Waals surface area contributed by atoms with Gasteiger partial charge < -0.3 is 10.6 Å². The zero-order valence-electron chi connectivity index (χ0n) is 11.6. The fourth-order valence-corrected chi connectivity index (χ4v) is 3.62. The minimum absolute atomic E-state index is 0.369. The van der Waals surface area contributed by atoms with Crippen molar-refractivity contribution in [1.82, 2.24) is 15.6 Å². The van der Waals surface area contributed by atoms with Gasteiger partial charge in [0.1, 0.15) is 0 Å². The van der Waals surface area contributed by atoms with Crippen molar-refractivity contribution in [2.75, 3.05) is 19.6 Å². The van der Waals surface area contributed by atoms with Crippen LogP contribution < -0.4 is 10.6 Å². The molecule has 2 rings (SSSR count). The molecular weight excluding hydrogens is 242 g/mol. The molecule has 0 amide bonds. The summed E-state index contributed by atoms with van der Waals surface area (Å²) in [6.45, 7) is 7.67. The van der Waals surface area contributed by atoms with Crippen molar-refractivity contribution in [2.45, 2.75) is 51.5 Å². The van der Waals surface area contributed by atoms with Crippen LogP contribution in [0.15, 0.2) is 5.38 Å². The molecule has 1 unspecified atom stereocenters.